The first-order chi connectivity index (χ1) is 14.1. The summed E-state index contributed by atoms with van der Waals surface area (Å²) in [6, 6.07) is 8.78. The number of morpholine rings is 1. The van der Waals surface area contributed by atoms with Crippen molar-refractivity contribution in [3.8, 4) is 0 Å². The number of carbonyl (C=O) groups excluding carboxylic acids is 1. The van der Waals surface area contributed by atoms with Gasteiger partial charge in [0.1, 0.15) is 6.04 Å². The van der Waals surface area contributed by atoms with Crippen molar-refractivity contribution in [2.75, 3.05) is 39.4 Å². The van der Waals surface area contributed by atoms with Gasteiger partial charge in [-0.2, -0.15) is 4.98 Å². The van der Waals surface area contributed by atoms with Crippen LogP contribution in [0.25, 0.3) is 16.6 Å². The van der Waals surface area contributed by atoms with Crippen molar-refractivity contribution in [1.82, 2.24) is 24.4 Å². The van der Waals surface area contributed by atoms with Crippen molar-refractivity contribution in [3.05, 3.63) is 46.4 Å². The van der Waals surface area contributed by atoms with Gasteiger partial charge < -0.3 is 10.1 Å². The van der Waals surface area contributed by atoms with Crippen molar-refractivity contribution in [2.24, 2.45) is 0 Å². The Kier molecular flexibility index (Phi) is 5.64. The third kappa shape index (κ3) is 3.90. The van der Waals surface area contributed by atoms with Gasteiger partial charge in [0, 0.05) is 36.8 Å². The Morgan fingerprint density at radius 3 is 2.83 bits per heavy atom. The van der Waals surface area contributed by atoms with E-state index in [4.69, 9.17) is 4.74 Å². The van der Waals surface area contributed by atoms with Crippen LogP contribution >= 0.6 is 0 Å². The SMILES string of the molecule is Cc1cc(=O)nc2c3ccccc3n(C(C)C(=O)NCCCN3CCOCC3)n12. The van der Waals surface area contributed by atoms with Crippen LogP contribution in [0, 0.1) is 6.92 Å². The highest BCUT2D eigenvalue weighted by atomic mass is 16.5. The van der Waals surface area contributed by atoms with Crippen LogP contribution in [0.15, 0.2) is 35.1 Å². The molecular weight excluding hydrogens is 370 g/mol. The zero-order valence-electron chi connectivity index (χ0n) is 16.9. The number of amides is 1. The van der Waals surface area contributed by atoms with Crippen LogP contribution in [0.1, 0.15) is 25.1 Å². The van der Waals surface area contributed by atoms with Crippen molar-refractivity contribution >= 4 is 22.5 Å². The van der Waals surface area contributed by atoms with Crippen LogP contribution < -0.4 is 10.9 Å². The summed E-state index contributed by atoms with van der Waals surface area (Å²) >= 11 is 0. The van der Waals surface area contributed by atoms with E-state index in [9.17, 15) is 9.59 Å². The molecule has 1 aliphatic rings. The van der Waals surface area contributed by atoms with Crippen molar-refractivity contribution < 1.29 is 9.53 Å². The Morgan fingerprint density at radius 1 is 1.28 bits per heavy atom. The molecule has 1 aromatic carbocycles. The summed E-state index contributed by atoms with van der Waals surface area (Å²) in [5, 5.41) is 3.92. The summed E-state index contributed by atoms with van der Waals surface area (Å²) < 4.78 is 9.15. The molecule has 0 aliphatic carbocycles. The largest absolute Gasteiger partial charge is 0.379 e. The molecule has 1 fully saturated rings. The molecule has 29 heavy (non-hydrogen) atoms. The van der Waals surface area contributed by atoms with E-state index >= 15 is 0 Å². The van der Waals surface area contributed by atoms with E-state index in [1.807, 2.05) is 47.3 Å². The number of aryl methyl sites for hydroxylation is 1. The second kappa shape index (κ2) is 8.34. The average molecular weight is 397 g/mol. The lowest BCUT2D eigenvalue weighted by molar-refractivity contribution is -0.124. The van der Waals surface area contributed by atoms with Gasteiger partial charge >= 0.3 is 0 Å². The van der Waals surface area contributed by atoms with Crippen LogP contribution in [-0.4, -0.2) is 64.4 Å². The molecule has 154 valence electrons. The molecule has 1 atom stereocenters. The van der Waals surface area contributed by atoms with E-state index in [0.717, 1.165) is 55.9 Å². The van der Waals surface area contributed by atoms with E-state index in [1.165, 1.54) is 6.07 Å². The second-order valence-corrected chi connectivity index (χ2v) is 7.51. The topological polar surface area (TPSA) is 80.9 Å². The zero-order chi connectivity index (χ0) is 20.4. The fraction of sp³-hybridized carbons (Fsp3) is 0.476. The number of para-hydroxylation sites is 1. The molecule has 1 saturated heterocycles. The predicted molar refractivity (Wildman–Crippen MR) is 111 cm³/mol. The molecule has 0 spiro atoms. The highest BCUT2D eigenvalue weighted by molar-refractivity contribution is 5.94. The summed E-state index contributed by atoms with van der Waals surface area (Å²) in [5.74, 6) is -0.0484. The first-order valence-electron chi connectivity index (χ1n) is 10.1. The van der Waals surface area contributed by atoms with Gasteiger partial charge in [0.05, 0.1) is 18.7 Å². The molecule has 3 aromatic rings. The molecule has 0 bridgehead atoms. The Hall–Kier alpha value is -2.71. The molecule has 3 heterocycles. The summed E-state index contributed by atoms with van der Waals surface area (Å²) in [6.45, 7) is 8.80. The van der Waals surface area contributed by atoms with E-state index in [0.29, 0.717) is 12.2 Å². The number of aromatic nitrogens is 3. The van der Waals surface area contributed by atoms with Gasteiger partial charge in [0.25, 0.3) is 5.56 Å². The van der Waals surface area contributed by atoms with Gasteiger partial charge in [-0.25, -0.2) is 4.52 Å². The number of fused-ring (bicyclic) bond motifs is 3. The van der Waals surface area contributed by atoms with Crippen LogP contribution in [-0.2, 0) is 9.53 Å². The highest BCUT2D eigenvalue weighted by Crippen LogP contribution is 2.24. The Balaban J connectivity index is 1.53. The van der Waals surface area contributed by atoms with Crippen LogP contribution in [0.2, 0.25) is 0 Å². The fourth-order valence-corrected chi connectivity index (χ4v) is 3.99. The van der Waals surface area contributed by atoms with Crippen molar-refractivity contribution in [2.45, 2.75) is 26.3 Å². The number of rotatable bonds is 6. The van der Waals surface area contributed by atoms with Gasteiger partial charge in [-0.3, -0.25) is 19.2 Å². The van der Waals surface area contributed by atoms with Crippen LogP contribution in [0.4, 0.5) is 0 Å². The van der Waals surface area contributed by atoms with Gasteiger partial charge in [-0.15, -0.1) is 0 Å². The fourth-order valence-electron chi connectivity index (χ4n) is 3.99. The number of benzene rings is 1. The minimum Gasteiger partial charge on any atom is -0.379 e. The smallest absolute Gasteiger partial charge is 0.273 e. The molecule has 0 radical (unpaired) electrons. The predicted octanol–water partition coefficient (Wildman–Crippen LogP) is 1.36. The normalized spacial score (nSPS) is 16.3. The van der Waals surface area contributed by atoms with Crippen LogP contribution in [0.3, 0.4) is 0 Å². The summed E-state index contributed by atoms with van der Waals surface area (Å²) in [7, 11) is 0. The number of hydrogen-bond acceptors (Lipinski definition) is 5. The maximum Gasteiger partial charge on any atom is 0.273 e. The number of hydrogen-bond donors (Lipinski definition) is 1. The average Bonchev–Trinajstić information content (AvgIpc) is 3.06. The van der Waals surface area contributed by atoms with Crippen LogP contribution in [0.5, 0.6) is 0 Å². The minimum absolute atomic E-state index is 0.0484. The van der Waals surface area contributed by atoms with E-state index < -0.39 is 6.04 Å². The van der Waals surface area contributed by atoms with E-state index in [2.05, 4.69) is 15.2 Å². The quantitative estimate of drug-likeness (QED) is 0.635. The molecule has 1 unspecified atom stereocenters. The van der Waals surface area contributed by atoms with E-state index in [1.54, 1.807) is 0 Å². The third-order valence-corrected chi connectivity index (χ3v) is 5.49. The number of carbonyl (C=O) groups is 1. The maximum atomic E-state index is 12.9. The first-order valence-corrected chi connectivity index (χ1v) is 10.1. The Bertz CT molecular complexity index is 1080. The molecule has 0 saturated carbocycles. The molecule has 1 N–H and O–H groups in total. The van der Waals surface area contributed by atoms with Gasteiger partial charge in [0.15, 0.2) is 5.65 Å². The zero-order valence-corrected chi connectivity index (χ0v) is 16.9. The molecule has 1 amide bonds. The first kappa shape index (κ1) is 19.6. The van der Waals surface area contributed by atoms with Gasteiger partial charge in [0.2, 0.25) is 5.91 Å². The Labute approximate surface area is 169 Å². The van der Waals surface area contributed by atoms with Crippen molar-refractivity contribution in [3.63, 3.8) is 0 Å². The maximum absolute atomic E-state index is 12.9. The summed E-state index contributed by atoms with van der Waals surface area (Å²) in [5.41, 5.74) is 1.94. The molecule has 8 heteroatoms. The summed E-state index contributed by atoms with van der Waals surface area (Å²) in [6.07, 6.45) is 0.902. The van der Waals surface area contributed by atoms with E-state index in [-0.39, 0.29) is 11.5 Å². The molecule has 8 nitrogen and oxygen atoms in total. The third-order valence-electron chi connectivity index (χ3n) is 5.49. The molecule has 4 rings (SSSR count). The number of nitrogens with zero attached hydrogens (tertiary/aromatic N) is 4. The molecule has 1 aliphatic heterocycles. The Morgan fingerprint density at radius 2 is 2.03 bits per heavy atom. The molecular formula is C21H27N5O3. The lowest BCUT2D eigenvalue weighted by atomic mass is 10.2. The number of ether oxygens (including phenoxy) is 1. The summed E-state index contributed by atoms with van der Waals surface area (Å²) in [4.78, 5) is 31.4. The standard InChI is InChI=1S/C21H27N5O3/c1-15-14-19(27)23-20-17-6-3-4-7-18(17)26(25(15)20)16(2)21(28)22-8-5-9-24-10-12-29-13-11-24/h3-4,6-7,14,16H,5,8-13H2,1-2H3,(H,22,28). The monoisotopic (exact) mass is 397 g/mol. The van der Waals surface area contributed by atoms with Crippen molar-refractivity contribution in [1.29, 1.82) is 0 Å². The number of nitrogens with one attached hydrogen (secondary N) is 1. The van der Waals surface area contributed by atoms with Gasteiger partial charge in [-0.05, 0) is 38.9 Å². The second-order valence-electron chi connectivity index (χ2n) is 7.51. The minimum atomic E-state index is -0.441. The lowest BCUT2D eigenvalue weighted by Gasteiger charge is -2.26. The van der Waals surface area contributed by atoms with Gasteiger partial charge in [-0.1, -0.05) is 12.1 Å². The molecule has 2 aromatic heterocycles. The highest BCUT2D eigenvalue weighted by Gasteiger charge is 2.22. The lowest BCUT2D eigenvalue weighted by Crippen LogP contribution is -2.39.